The third-order valence-corrected chi connectivity index (χ3v) is 6.44. The van der Waals surface area contributed by atoms with Crippen molar-refractivity contribution < 1.29 is 14.2 Å². The maximum Gasteiger partial charge on any atom is 0.164 e. The Kier molecular flexibility index (Phi) is 7.15. The van der Waals surface area contributed by atoms with Crippen molar-refractivity contribution in [1.29, 1.82) is 0 Å². The third kappa shape index (κ3) is 5.26. The number of ether oxygens (including phenoxy) is 1. The number of hydrogen-bond acceptors (Lipinski definition) is 6. The second-order valence-electron chi connectivity index (χ2n) is 8.86. The number of imidazole rings is 1. The van der Waals surface area contributed by atoms with Crippen molar-refractivity contribution in [3.8, 4) is 22.4 Å². The molecule has 0 saturated carbocycles. The molecule has 4 aromatic rings. The number of pyridine rings is 2. The predicted molar refractivity (Wildman–Crippen MR) is 133 cm³/mol. The lowest BCUT2D eigenvalue weighted by Gasteiger charge is -2.26. The molecule has 35 heavy (non-hydrogen) atoms. The van der Waals surface area contributed by atoms with Gasteiger partial charge in [0.25, 0.3) is 0 Å². The molecule has 4 heterocycles. The minimum atomic E-state index is -0.884. The molecule has 7 nitrogen and oxygen atoms in total. The number of nitrogens with zero attached hydrogens (tertiary/aromatic N) is 4. The molecule has 1 saturated heterocycles. The smallest absolute Gasteiger partial charge is 0.164 e. The van der Waals surface area contributed by atoms with Gasteiger partial charge < -0.3 is 9.84 Å². The van der Waals surface area contributed by atoms with Gasteiger partial charge in [-0.05, 0) is 62.3 Å². The lowest BCUT2D eigenvalue weighted by atomic mass is 9.99. The number of rotatable bonds is 8. The van der Waals surface area contributed by atoms with Crippen LogP contribution in [0.15, 0.2) is 61.1 Å². The van der Waals surface area contributed by atoms with Crippen LogP contribution in [-0.4, -0.2) is 63.8 Å². The number of halogens is 1. The molecular weight excluding hydrogens is 445 g/mol. The summed E-state index contributed by atoms with van der Waals surface area (Å²) in [6.45, 7) is 6.91. The monoisotopic (exact) mass is 475 g/mol. The number of nitrogens with one attached hydrogen (secondary N) is 1. The van der Waals surface area contributed by atoms with E-state index in [1.54, 1.807) is 25.4 Å². The molecule has 0 aliphatic carbocycles. The number of benzene rings is 1. The van der Waals surface area contributed by atoms with Crippen LogP contribution in [0.5, 0.6) is 0 Å². The highest BCUT2D eigenvalue weighted by Crippen LogP contribution is 2.31. The summed E-state index contributed by atoms with van der Waals surface area (Å²) in [5.41, 5.74) is 4.95. The van der Waals surface area contributed by atoms with Crippen LogP contribution in [0.25, 0.3) is 27.9 Å². The zero-order valence-corrected chi connectivity index (χ0v) is 19.8. The second-order valence-corrected chi connectivity index (χ2v) is 8.86. The van der Waals surface area contributed by atoms with Crippen molar-refractivity contribution in [3.05, 3.63) is 78.3 Å². The Bertz CT molecular complexity index is 1300. The van der Waals surface area contributed by atoms with Crippen LogP contribution in [0.1, 0.15) is 24.0 Å². The molecule has 1 aromatic carbocycles. The summed E-state index contributed by atoms with van der Waals surface area (Å²) < 4.78 is 21.1. The number of fused-ring (bicyclic) bond motifs is 1. The topological polar surface area (TPSA) is 74.9 Å². The fraction of sp³-hybridized carbons (Fsp3) is 0.333. The van der Waals surface area contributed by atoms with Crippen molar-refractivity contribution in [2.24, 2.45) is 0 Å². The Morgan fingerprint density at radius 3 is 2.77 bits per heavy atom. The number of aliphatic hydroxyl groups excluding tert-OH is 1. The molecule has 1 atom stereocenters. The molecule has 1 aliphatic rings. The fourth-order valence-electron chi connectivity index (χ4n) is 4.49. The van der Waals surface area contributed by atoms with Gasteiger partial charge in [0, 0.05) is 42.2 Å². The van der Waals surface area contributed by atoms with Crippen molar-refractivity contribution >= 4 is 5.52 Å². The first kappa shape index (κ1) is 23.6. The average molecular weight is 476 g/mol. The molecule has 0 radical (unpaired) electrons. The van der Waals surface area contributed by atoms with Gasteiger partial charge in [0.05, 0.1) is 30.6 Å². The number of aryl methyl sites for hydroxylation is 1. The molecule has 1 unspecified atom stereocenters. The Morgan fingerprint density at radius 1 is 1.11 bits per heavy atom. The van der Waals surface area contributed by atoms with E-state index in [0.717, 1.165) is 67.2 Å². The molecule has 3 aromatic heterocycles. The van der Waals surface area contributed by atoms with Crippen LogP contribution in [0.4, 0.5) is 4.39 Å². The zero-order valence-electron chi connectivity index (χ0n) is 19.8. The maximum absolute atomic E-state index is 13.8. The second kappa shape index (κ2) is 10.6. The molecule has 8 heteroatoms. The average Bonchev–Trinajstić information content (AvgIpc) is 3.32. The predicted octanol–water partition coefficient (Wildman–Crippen LogP) is 3.81. The first-order valence-electron chi connectivity index (χ1n) is 12.0. The van der Waals surface area contributed by atoms with Gasteiger partial charge in [-0.1, -0.05) is 12.1 Å². The number of aliphatic hydroxyl groups is 1. The molecule has 0 amide bonds. The highest BCUT2D eigenvalue weighted by molar-refractivity contribution is 5.81. The van der Waals surface area contributed by atoms with Crippen LogP contribution in [-0.2, 0) is 4.74 Å². The fourth-order valence-corrected chi connectivity index (χ4v) is 4.49. The van der Waals surface area contributed by atoms with Gasteiger partial charge in [-0.2, -0.15) is 0 Å². The van der Waals surface area contributed by atoms with Crippen LogP contribution >= 0.6 is 0 Å². The van der Waals surface area contributed by atoms with E-state index in [0.29, 0.717) is 17.9 Å². The number of hydrogen-bond donors (Lipinski definition) is 2. The van der Waals surface area contributed by atoms with Crippen molar-refractivity contribution in [2.75, 3.05) is 39.4 Å². The van der Waals surface area contributed by atoms with Gasteiger partial charge in [-0.3, -0.25) is 19.6 Å². The third-order valence-electron chi connectivity index (χ3n) is 6.44. The first-order valence-corrected chi connectivity index (χ1v) is 12.0. The standard InChI is InChI=1S/C27H30FN5O2/c1-19-16-20(6-8-24(19)28)25-23(4-2-9-29-25)21-5-7-22-17-31-26(33(22)18-21)27(34)30-10-3-11-32-12-14-35-15-13-32/h2,4-9,16-18,27,30,34H,3,10-15H2,1H3. The summed E-state index contributed by atoms with van der Waals surface area (Å²) in [6.07, 6.45) is 5.51. The summed E-state index contributed by atoms with van der Waals surface area (Å²) in [7, 11) is 0. The molecular formula is C27H30FN5O2. The number of morpholine rings is 1. The van der Waals surface area contributed by atoms with Gasteiger partial charge >= 0.3 is 0 Å². The summed E-state index contributed by atoms with van der Waals surface area (Å²) >= 11 is 0. The summed E-state index contributed by atoms with van der Waals surface area (Å²) in [5.74, 6) is 0.304. The van der Waals surface area contributed by atoms with Gasteiger partial charge in [-0.25, -0.2) is 9.37 Å². The van der Waals surface area contributed by atoms with E-state index >= 15 is 0 Å². The van der Waals surface area contributed by atoms with E-state index in [9.17, 15) is 9.50 Å². The van der Waals surface area contributed by atoms with Gasteiger partial charge in [0.1, 0.15) is 5.82 Å². The van der Waals surface area contributed by atoms with Gasteiger partial charge in [0.15, 0.2) is 12.1 Å². The van der Waals surface area contributed by atoms with Crippen LogP contribution in [0.3, 0.4) is 0 Å². The molecule has 1 fully saturated rings. The Labute approximate surface area is 204 Å². The molecule has 2 N–H and O–H groups in total. The van der Waals surface area contributed by atoms with Crippen molar-refractivity contribution in [2.45, 2.75) is 19.6 Å². The molecule has 0 spiro atoms. The van der Waals surface area contributed by atoms with E-state index in [1.807, 2.05) is 40.9 Å². The van der Waals surface area contributed by atoms with Crippen LogP contribution in [0, 0.1) is 12.7 Å². The van der Waals surface area contributed by atoms with E-state index in [2.05, 4.69) is 20.2 Å². The Balaban J connectivity index is 1.35. The molecule has 0 bridgehead atoms. The summed E-state index contributed by atoms with van der Waals surface area (Å²) in [6, 6.07) is 12.9. The minimum absolute atomic E-state index is 0.234. The van der Waals surface area contributed by atoms with Crippen LogP contribution < -0.4 is 5.32 Å². The zero-order chi connectivity index (χ0) is 24.2. The van der Waals surface area contributed by atoms with E-state index < -0.39 is 6.23 Å². The highest BCUT2D eigenvalue weighted by Gasteiger charge is 2.16. The SMILES string of the molecule is Cc1cc(-c2ncccc2-c2ccc3cnc(C(O)NCCCN4CCOCC4)n3c2)ccc1F. The van der Waals surface area contributed by atoms with Crippen molar-refractivity contribution in [3.63, 3.8) is 0 Å². The molecule has 5 rings (SSSR count). The molecule has 182 valence electrons. The van der Waals surface area contributed by atoms with Gasteiger partial charge in [0.2, 0.25) is 0 Å². The quantitative estimate of drug-likeness (QED) is 0.298. The van der Waals surface area contributed by atoms with E-state index in [-0.39, 0.29) is 5.82 Å². The normalized spacial score (nSPS) is 15.5. The van der Waals surface area contributed by atoms with Crippen molar-refractivity contribution in [1.82, 2.24) is 24.6 Å². The van der Waals surface area contributed by atoms with E-state index in [4.69, 9.17) is 4.74 Å². The Hall–Kier alpha value is -3.17. The lowest BCUT2D eigenvalue weighted by Crippen LogP contribution is -2.38. The number of aromatic nitrogens is 3. The lowest BCUT2D eigenvalue weighted by molar-refractivity contribution is 0.0366. The highest BCUT2D eigenvalue weighted by atomic mass is 19.1. The minimum Gasteiger partial charge on any atom is -0.379 e. The van der Waals surface area contributed by atoms with Gasteiger partial charge in [-0.15, -0.1) is 0 Å². The maximum atomic E-state index is 13.8. The molecule has 1 aliphatic heterocycles. The largest absolute Gasteiger partial charge is 0.379 e. The van der Waals surface area contributed by atoms with E-state index in [1.165, 1.54) is 6.07 Å². The Morgan fingerprint density at radius 2 is 1.94 bits per heavy atom. The van der Waals surface area contributed by atoms with Crippen LogP contribution in [0.2, 0.25) is 0 Å². The summed E-state index contributed by atoms with van der Waals surface area (Å²) in [4.78, 5) is 11.4. The first-order chi connectivity index (χ1) is 17.1. The summed E-state index contributed by atoms with van der Waals surface area (Å²) in [5, 5.41) is 14.0.